The highest BCUT2D eigenvalue weighted by Crippen LogP contribution is 2.17. The molecule has 2 rings (SSSR count). The Morgan fingerprint density at radius 2 is 1.76 bits per heavy atom. The van der Waals surface area contributed by atoms with E-state index in [2.05, 4.69) is 41.1 Å². The molecule has 17 heavy (non-hydrogen) atoms. The summed E-state index contributed by atoms with van der Waals surface area (Å²) in [6.07, 6.45) is 3.69. The molecule has 0 saturated carbocycles. The highest BCUT2D eigenvalue weighted by atomic mass is 16.2. The van der Waals surface area contributed by atoms with Crippen LogP contribution in [-0.2, 0) is 0 Å². The normalized spacial score (nSPS) is 17.9. The van der Waals surface area contributed by atoms with Gasteiger partial charge in [0.25, 0.3) is 0 Å². The van der Waals surface area contributed by atoms with E-state index < -0.39 is 0 Å². The van der Waals surface area contributed by atoms with Gasteiger partial charge in [-0.2, -0.15) is 0 Å². The molecule has 0 atom stereocenters. The summed E-state index contributed by atoms with van der Waals surface area (Å²) >= 11 is 0. The topological polar surface area (TPSA) is 26.7 Å². The van der Waals surface area contributed by atoms with Crippen molar-refractivity contribution in [3.63, 3.8) is 0 Å². The van der Waals surface area contributed by atoms with E-state index in [0.717, 1.165) is 31.7 Å². The molecule has 0 bridgehead atoms. The van der Waals surface area contributed by atoms with E-state index in [1.165, 1.54) is 5.69 Å². The van der Waals surface area contributed by atoms with Crippen molar-refractivity contribution in [2.75, 3.05) is 44.7 Å². The summed E-state index contributed by atoms with van der Waals surface area (Å²) in [7, 11) is 2.17. The summed E-state index contributed by atoms with van der Waals surface area (Å²) < 4.78 is 0. The first-order valence-electron chi connectivity index (χ1n) is 6.10. The van der Waals surface area contributed by atoms with Gasteiger partial charge in [-0.3, -0.25) is 0 Å². The van der Waals surface area contributed by atoms with E-state index >= 15 is 0 Å². The molecule has 92 valence electrons. The maximum absolute atomic E-state index is 8.71. The van der Waals surface area contributed by atoms with Crippen molar-refractivity contribution in [1.82, 2.24) is 4.90 Å². The van der Waals surface area contributed by atoms with Crippen LogP contribution in [0.2, 0.25) is 0 Å². The maximum atomic E-state index is 8.71. The molecule has 1 aromatic carbocycles. The van der Waals surface area contributed by atoms with Crippen LogP contribution in [0.15, 0.2) is 30.3 Å². The van der Waals surface area contributed by atoms with Crippen LogP contribution in [0.25, 0.3) is 6.08 Å². The summed E-state index contributed by atoms with van der Waals surface area (Å²) in [5, 5.41) is 8.71. The van der Waals surface area contributed by atoms with Crippen molar-refractivity contribution in [3.05, 3.63) is 35.9 Å². The van der Waals surface area contributed by atoms with E-state index in [4.69, 9.17) is 5.11 Å². The second kappa shape index (κ2) is 5.84. The minimum absolute atomic E-state index is 0.0974. The largest absolute Gasteiger partial charge is 0.392 e. The van der Waals surface area contributed by atoms with Crippen LogP contribution in [0, 0.1) is 0 Å². The van der Waals surface area contributed by atoms with Crippen LogP contribution >= 0.6 is 0 Å². The molecular weight excluding hydrogens is 212 g/mol. The van der Waals surface area contributed by atoms with E-state index in [1.54, 1.807) is 6.08 Å². The van der Waals surface area contributed by atoms with E-state index in [1.807, 2.05) is 6.08 Å². The van der Waals surface area contributed by atoms with Gasteiger partial charge in [-0.25, -0.2) is 0 Å². The van der Waals surface area contributed by atoms with Crippen LogP contribution in [-0.4, -0.2) is 49.8 Å². The molecule has 0 spiro atoms. The Bertz CT molecular complexity index is 364. The fourth-order valence-electron chi connectivity index (χ4n) is 2.05. The third kappa shape index (κ3) is 3.32. The van der Waals surface area contributed by atoms with Gasteiger partial charge in [0.05, 0.1) is 6.61 Å². The zero-order valence-corrected chi connectivity index (χ0v) is 10.3. The third-order valence-corrected chi connectivity index (χ3v) is 3.18. The van der Waals surface area contributed by atoms with Crippen LogP contribution in [0.5, 0.6) is 0 Å². The molecule has 1 saturated heterocycles. The second-order valence-corrected chi connectivity index (χ2v) is 4.47. The first-order valence-corrected chi connectivity index (χ1v) is 6.10. The molecule has 0 unspecified atom stereocenters. The smallest absolute Gasteiger partial charge is 0.0615 e. The molecule has 1 N–H and O–H groups in total. The van der Waals surface area contributed by atoms with Crippen molar-refractivity contribution in [2.24, 2.45) is 0 Å². The van der Waals surface area contributed by atoms with Gasteiger partial charge in [0.15, 0.2) is 0 Å². The highest BCUT2D eigenvalue weighted by molar-refractivity contribution is 5.56. The van der Waals surface area contributed by atoms with Gasteiger partial charge in [0, 0.05) is 31.9 Å². The summed E-state index contributed by atoms with van der Waals surface area (Å²) in [6, 6.07) is 8.50. The van der Waals surface area contributed by atoms with Gasteiger partial charge in [-0.15, -0.1) is 0 Å². The van der Waals surface area contributed by atoms with Crippen LogP contribution in [0.1, 0.15) is 5.56 Å². The summed E-state index contributed by atoms with van der Waals surface area (Å²) in [5.41, 5.74) is 2.43. The monoisotopic (exact) mass is 232 g/mol. The molecule has 3 heteroatoms. The van der Waals surface area contributed by atoms with Gasteiger partial charge in [0.1, 0.15) is 0 Å². The lowest BCUT2D eigenvalue weighted by atomic mass is 10.1. The lowest BCUT2D eigenvalue weighted by Gasteiger charge is -2.34. The molecule has 0 aromatic heterocycles. The van der Waals surface area contributed by atoms with Crippen molar-refractivity contribution in [3.8, 4) is 0 Å². The highest BCUT2D eigenvalue weighted by Gasteiger charge is 2.13. The molecule has 1 heterocycles. The zero-order chi connectivity index (χ0) is 12.1. The fourth-order valence-corrected chi connectivity index (χ4v) is 2.05. The molecule has 3 nitrogen and oxygen atoms in total. The van der Waals surface area contributed by atoms with Crippen molar-refractivity contribution >= 4 is 11.8 Å². The van der Waals surface area contributed by atoms with Crippen molar-refractivity contribution in [1.29, 1.82) is 0 Å². The SMILES string of the molecule is CN1CCN(c2ccc(C=CCO)cc2)CC1. The molecule has 0 aliphatic carbocycles. The van der Waals surface area contributed by atoms with Crippen LogP contribution in [0.3, 0.4) is 0 Å². The van der Waals surface area contributed by atoms with Crippen molar-refractivity contribution < 1.29 is 5.11 Å². The Morgan fingerprint density at radius 3 is 2.35 bits per heavy atom. The number of nitrogens with zero attached hydrogens (tertiary/aromatic N) is 2. The summed E-state index contributed by atoms with van der Waals surface area (Å²) in [4.78, 5) is 4.77. The third-order valence-electron chi connectivity index (χ3n) is 3.18. The Kier molecular flexibility index (Phi) is 4.18. The number of anilines is 1. The minimum atomic E-state index is 0.0974. The van der Waals surface area contributed by atoms with E-state index in [0.29, 0.717) is 0 Å². The Morgan fingerprint density at radius 1 is 1.12 bits per heavy atom. The molecule has 1 aromatic rings. The number of rotatable bonds is 3. The standard InChI is InChI=1S/C14H20N2O/c1-15-8-10-16(11-9-15)14-6-4-13(5-7-14)3-2-12-17/h2-7,17H,8-12H2,1H3. The predicted molar refractivity (Wildman–Crippen MR) is 72.3 cm³/mol. The second-order valence-electron chi connectivity index (χ2n) is 4.47. The number of benzene rings is 1. The predicted octanol–water partition coefficient (Wildman–Crippen LogP) is 1.44. The molecule has 0 radical (unpaired) electrons. The van der Waals surface area contributed by atoms with Crippen LogP contribution in [0.4, 0.5) is 5.69 Å². The Labute approximate surface area is 103 Å². The fraction of sp³-hybridized carbons (Fsp3) is 0.429. The van der Waals surface area contributed by atoms with E-state index in [-0.39, 0.29) is 6.61 Å². The molecule has 1 fully saturated rings. The molecule has 1 aliphatic heterocycles. The number of likely N-dealkylation sites (N-methyl/N-ethyl adjacent to an activating group) is 1. The Hall–Kier alpha value is -1.32. The molecular formula is C14H20N2O. The average molecular weight is 232 g/mol. The van der Waals surface area contributed by atoms with Gasteiger partial charge >= 0.3 is 0 Å². The van der Waals surface area contributed by atoms with Crippen LogP contribution < -0.4 is 4.90 Å². The molecule has 1 aliphatic rings. The summed E-state index contributed by atoms with van der Waals surface area (Å²) in [5.74, 6) is 0. The van der Waals surface area contributed by atoms with Gasteiger partial charge < -0.3 is 14.9 Å². The average Bonchev–Trinajstić information content (AvgIpc) is 2.38. The number of piperazine rings is 1. The summed E-state index contributed by atoms with van der Waals surface area (Å²) in [6.45, 7) is 4.56. The Balaban J connectivity index is 2.00. The van der Waals surface area contributed by atoms with Gasteiger partial charge in [0.2, 0.25) is 0 Å². The van der Waals surface area contributed by atoms with Gasteiger partial charge in [-0.05, 0) is 24.7 Å². The first kappa shape index (κ1) is 12.1. The number of hydrogen-bond donors (Lipinski definition) is 1. The minimum Gasteiger partial charge on any atom is -0.392 e. The number of hydrogen-bond acceptors (Lipinski definition) is 3. The van der Waals surface area contributed by atoms with E-state index in [9.17, 15) is 0 Å². The first-order chi connectivity index (χ1) is 8.29. The number of aliphatic hydroxyl groups is 1. The lowest BCUT2D eigenvalue weighted by Crippen LogP contribution is -2.44. The molecule has 0 amide bonds. The zero-order valence-electron chi connectivity index (χ0n) is 10.3. The maximum Gasteiger partial charge on any atom is 0.0615 e. The van der Waals surface area contributed by atoms with Crippen molar-refractivity contribution in [2.45, 2.75) is 0 Å². The van der Waals surface area contributed by atoms with Gasteiger partial charge in [-0.1, -0.05) is 24.3 Å². The quantitative estimate of drug-likeness (QED) is 0.854. The lowest BCUT2D eigenvalue weighted by molar-refractivity contribution is 0.313. The number of aliphatic hydroxyl groups excluding tert-OH is 1.